The topological polar surface area (TPSA) is 30.5 Å². The van der Waals surface area contributed by atoms with Gasteiger partial charge in [-0.15, -0.1) is 0 Å². The first-order valence-electron chi connectivity index (χ1n) is 10.2. The van der Waals surface area contributed by atoms with Crippen LogP contribution < -0.4 is 10.1 Å². The minimum Gasteiger partial charge on any atom is -0.497 e. The zero-order valence-corrected chi connectivity index (χ0v) is 16.9. The fourth-order valence-corrected chi connectivity index (χ4v) is 4.16. The van der Waals surface area contributed by atoms with Gasteiger partial charge in [0.05, 0.1) is 13.2 Å². The number of ether oxygens (including phenoxy) is 2. The van der Waals surface area contributed by atoms with Gasteiger partial charge >= 0.3 is 0 Å². The van der Waals surface area contributed by atoms with Gasteiger partial charge in [-0.2, -0.15) is 0 Å². The van der Waals surface area contributed by atoms with Crippen molar-refractivity contribution < 1.29 is 9.47 Å². The summed E-state index contributed by atoms with van der Waals surface area (Å²) >= 11 is 0. The van der Waals surface area contributed by atoms with Gasteiger partial charge in [-0.25, -0.2) is 0 Å². The van der Waals surface area contributed by atoms with E-state index >= 15 is 0 Å². The molecular weight excluding hydrogens is 334 g/mol. The molecule has 0 spiro atoms. The highest BCUT2D eigenvalue weighted by Gasteiger charge is 2.33. The second-order valence-corrected chi connectivity index (χ2v) is 7.66. The van der Waals surface area contributed by atoms with E-state index < -0.39 is 0 Å². The van der Waals surface area contributed by atoms with Crippen LogP contribution in [0.4, 0.5) is 0 Å². The molecule has 0 unspecified atom stereocenters. The Bertz CT molecular complexity index is 681. The monoisotopic (exact) mass is 367 g/mol. The van der Waals surface area contributed by atoms with Gasteiger partial charge in [-0.1, -0.05) is 49.7 Å². The average molecular weight is 368 g/mol. The summed E-state index contributed by atoms with van der Waals surface area (Å²) in [7, 11) is 3.55. The van der Waals surface area contributed by atoms with E-state index in [4.69, 9.17) is 9.47 Å². The van der Waals surface area contributed by atoms with Crippen molar-refractivity contribution in [3.8, 4) is 16.9 Å². The Labute approximate surface area is 164 Å². The van der Waals surface area contributed by atoms with Crippen LogP contribution in [0.1, 0.15) is 38.2 Å². The predicted molar refractivity (Wildman–Crippen MR) is 112 cm³/mol. The maximum absolute atomic E-state index is 5.75. The van der Waals surface area contributed by atoms with Gasteiger partial charge in [0.15, 0.2) is 0 Å². The van der Waals surface area contributed by atoms with E-state index in [0.717, 1.165) is 25.1 Å². The summed E-state index contributed by atoms with van der Waals surface area (Å²) in [5, 5.41) is 3.70. The molecule has 2 aromatic carbocycles. The Morgan fingerprint density at radius 2 is 1.59 bits per heavy atom. The van der Waals surface area contributed by atoms with Crippen molar-refractivity contribution in [2.24, 2.45) is 5.92 Å². The van der Waals surface area contributed by atoms with E-state index in [-0.39, 0.29) is 0 Å². The lowest BCUT2D eigenvalue weighted by Gasteiger charge is -2.19. The molecule has 0 aromatic heterocycles. The maximum atomic E-state index is 5.75. The van der Waals surface area contributed by atoms with Crippen LogP contribution in [0, 0.1) is 5.92 Å². The second kappa shape index (κ2) is 9.91. The van der Waals surface area contributed by atoms with Gasteiger partial charge in [0.1, 0.15) is 5.75 Å². The molecule has 0 amide bonds. The molecule has 1 fully saturated rings. The summed E-state index contributed by atoms with van der Waals surface area (Å²) in [6.45, 7) is 3.34. The number of hydrogen-bond acceptors (Lipinski definition) is 3. The van der Waals surface area contributed by atoms with Crippen molar-refractivity contribution in [3.63, 3.8) is 0 Å². The average Bonchev–Trinajstić information content (AvgIpc) is 3.10. The van der Waals surface area contributed by atoms with Gasteiger partial charge in [-0.05, 0) is 67.0 Å². The van der Waals surface area contributed by atoms with Crippen LogP contribution in [-0.4, -0.2) is 32.9 Å². The van der Waals surface area contributed by atoms with Crippen LogP contribution in [-0.2, 0) is 11.2 Å². The summed E-state index contributed by atoms with van der Waals surface area (Å²) in [4.78, 5) is 0. The molecular formula is C24H33NO2. The molecule has 146 valence electrons. The Kier molecular flexibility index (Phi) is 7.31. The highest BCUT2D eigenvalue weighted by molar-refractivity contribution is 5.64. The molecule has 3 nitrogen and oxygen atoms in total. The van der Waals surface area contributed by atoms with Crippen molar-refractivity contribution in [1.29, 1.82) is 0 Å². The Morgan fingerprint density at radius 3 is 2.19 bits per heavy atom. The van der Waals surface area contributed by atoms with Crippen LogP contribution in [0.25, 0.3) is 11.1 Å². The number of unbranched alkanes of at least 4 members (excludes halogenated alkanes) is 1. The SMILES string of the molecule is CCCCN[C@H]1C[C@H](Cc2ccc(-c3ccc(OC)cc3)cc2)C[C@H]1OC. The molecule has 2 aromatic rings. The van der Waals surface area contributed by atoms with Crippen molar-refractivity contribution in [3.05, 3.63) is 54.1 Å². The molecule has 1 aliphatic carbocycles. The Hall–Kier alpha value is -1.84. The lowest BCUT2D eigenvalue weighted by molar-refractivity contribution is 0.0831. The Balaban J connectivity index is 1.57. The summed E-state index contributed by atoms with van der Waals surface area (Å²) in [6, 6.07) is 17.8. The van der Waals surface area contributed by atoms with E-state index in [2.05, 4.69) is 48.6 Å². The third-order valence-corrected chi connectivity index (χ3v) is 5.74. The molecule has 3 heteroatoms. The standard InChI is InChI=1S/C24H33NO2/c1-4-5-14-25-23-16-19(17-24(23)27-3)15-18-6-8-20(9-7-18)21-10-12-22(26-2)13-11-21/h6-13,19,23-25H,4-5,14-17H2,1-3H3/t19-,23-,24+/m0/s1. The quantitative estimate of drug-likeness (QED) is 0.626. The summed E-state index contributed by atoms with van der Waals surface area (Å²) in [5.41, 5.74) is 3.89. The minimum atomic E-state index is 0.352. The first kappa shape index (κ1) is 19.9. The number of rotatable bonds is 9. The van der Waals surface area contributed by atoms with Gasteiger partial charge in [0, 0.05) is 13.2 Å². The third-order valence-electron chi connectivity index (χ3n) is 5.74. The van der Waals surface area contributed by atoms with Crippen molar-refractivity contribution in [2.45, 2.75) is 51.2 Å². The van der Waals surface area contributed by atoms with Crippen LogP contribution in [0.2, 0.25) is 0 Å². The number of nitrogens with one attached hydrogen (secondary N) is 1. The number of methoxy groups -OCH3 is 2. The van der Waals surface area contributed by atoms with Gasteiger partial charge in [0.2, 0.25) is 0 Å². The zero-order chi connectivity index (χ0) is 19.1. The van der Waals surface area contributed by atoms with Crippen molar-refractivity contribution in [1.82, 2.24) is 5.32 Å². The van der Waals surface area contributed by atoms with E-state index in [0.29, 0.717) is 18.1 Å². The molecule has 0 radical (unpaired) electrons. The first-order chi connectivity index (χ1) is 13.2. The normalized spacial score (nSPS) is 22.1. The van der Waals surface area contributed by atoms with E-state index in [9.17, 15) is 0 Å². The number of hydrogen-bond donors (Lipinski definition) is 1. The van der Waals surface area contributed by atoms with Gasteiger partial charge in [0.25, 0.3) is 0 Å². The smallest absolute Gasteiger partial charge is 0.118 e. The Morgan fingerprint density at radius 1 is 0.926 bits per heavy atom. The highest BCUT2D eigenvalue weighted by Crippen LogP contribution is 2.31. The molecule has 3 atom stereocenters. The van der Waals surface area contributed by atoms with Crippen LogP contribution in [0.15, 0.2) is 48.5 Å². The molecule has 0 saturated heterocycles. The maximum Gasteiger partial charge on any atom is 0.118 e. The molecule has 1 N–H and O–H groups in total. The molecule has 27 heavy (non-hydrogen) atoms. The van der Waals surface area contributed by atoms with E-state index in [1.54, 1.807) is 7.11 Å². The molecule has 1 saturated carbocycles. The van der Waals surface area contributed by atoms with Crippen LogP contribution in [0.5, 0.6) is 5.75 Å². The fourth-order valence-electron chi connectivity index (χ4n) is 4.16. The summed E-state index contributed by atoms with van der Waals surface area (Å²) in [5.74, 6) is 1.59. The minimum absolute atomic E-state index is 0.352. The molecule has 0 bridgehead atoms. The lowest BCUT2D eigenvalue weighted by atomic mass is 9.96. The predicted octanol–water partition coefficient (Wildman–Crippen LogP) is 5.09. The molecule has 0 heterocycles. The fraction of sp³-hybridized carbons (Fsp3) is 0.500. The molecule has 1 aliphatic rings. The molecule has 0 aliphatic heterocycles. The van der Waals surface area contributed by atoms with Crippen molar-refractivity contribution in [2.75, 3.05) is 20.8 Å². The highest BCUT2D eigenvalue weighted by atomic mass is 16.5. The zero-order valence-electron chi connectivity index (χ0n) is 16.9. The number of benzene rings is 2. The van der Waals surface area contributed by atoms with E-state index in [1.807, 2.05) is 19.2 Å². The van der Waals surface area contributed by atoms with Gasteiger partial charge < -0.3 is 14.8 Å². The van der Waals surface area contributed by atoms with E-state index in [1.165, 1.54) is 36.0 Å². The summed E-state index contributed by atoms with van der Waals surface area (Å²) in [6.07, 6.45) is 6.33. The first-order valence-corrected chi connectivity index (χ1v) is 10.2. The third kappa shape index (κ3) is 5.33. The second-order valence-electron chi connectivity index (χ2n) is 7.66. The van der Waals surface area contributed by atoms with Crippen molar-refractivity contribution >= 4 is 0 Å². The molecule has 3 rings (SSSR count). The van der Waals surface area contributed by atoms with Gasteiger partial charge in [-0.3, -0.25) is 0 Å². The largest absolute Gasteiger partial charge is 0.497 e. The lowest BCUT2D eigenvalue weighted by Crippen LogP contribution is -2.37. The summed E-state index contributed by atoms with van der Waals surface area (Å²) < 4.78 is 11.0. The van der Waals surface area contributed by atoms with Crippen LogP contribution >= 0.6 is 0 Å². The van der Waals surface area contributed by atoms with Crippen LogP contribution in [0.3, 0.4) is 0 Å².